The summed E-state index contributed by atoms with van der Waals surface area (Å²) < 4.78 is 0. The van der Waals surface area contributed by atoms with Gasteiger partial charge in [0.25, 0.3) is 0 Å². The average Bonchev–Trinajstić information content (AvgIpc) is 2.58. The fraction of sp³-hybridized carbons (Fsp3) is 0.588. The van der Waals surface area contributed by atoms with Gasteiger partial charge in [0.2, 0.25) is 0 Å². The molecule has 20 heavy (non-hydrogen) atoms. The second-order valence-corrected chi connectivity index (χ2v) is 6.62. The molecule has 1 heterocycles. The van der Waals surface area contributed by atoms with Crippen LogP contribution >= 0.6 is 0 Å². The van der Waals surface area contributed by atoms with Gasteiger partial charge in [-0.05, 0) is 29.9 Å². The lowest BCUT2D eigenvalue weighted by Gasteiger charge is -2.38. The van der Waals surface area contributed by atoms with Gasteiger partial charge in [-0.15, -0.1) is 0 Å². The highest BCUT2D eigenvalue weighted by molar-refractivity contribution is 6.13. The van der Waals surface area contributed by atoms with Gasteiger partial charge in [0, 0.05) is 11.6 Å². The second kappa shape index (κ2) is 4.80. The zero-order valence-electron chi connectivity index (χ0n) is 12.9. The molecule has 3 unspecified atom stereocenters. The zero-order chi connectivity index (χ0) is 15.1. The van der Waals surface area contributed by atoms with Crippen LogP contribution in [0.2, 0.25) is 0 Å². The Morgan fingerprint density at radius 3 is 2.40 bits per heavy atom. The molecule has 0 radical (unpaired) electrons. The number of ketones is 2. The summed E-state index contributed by atoms with van der Waals surface area (Å²) in [5.41, 5.74) is -0.232. The van der Waals surface area contributed by atoms with Crippen molar-refractivity contribution in [3.05, 3.63) is 30.1 Å². The molecule has 3 heteroatoms. The summed E-state index contributed by atoms with van der Waals surface area (Å²) in [6.07, 6.45) is 2.36. The topological polar surface area (TPSA) is 47.0 Å². The van der Waals surface area contributed by atoms with Crippen LogP contribution in [0.25, 0.3) is 0 Å². The van der Waals surface area contributed by atoms with E-state index in [-0.39, 0.29) is 22.9 Å². The van der Waals surface area contributed by atoms with Gasteiger partial charge in [0.1, 0.15) is 11.5 Å². The Hall–Kier alpha value is -1.51. The van der Waals surface area contributed by atoms with Gasteiger partial charge in [-0.25, -0.2) is 0 Å². The first-order valence-corrected chi connectivity index (χ1v) is 7.27. The van der Waals surface area contributed by atoms with Gasteiger partial charge >= 0.3 is 0 Å². The molecule has 0 aromatic carbocycles. The smallest absolute Gasteiger partial charge is 0.191 e. The van der Waals surface area contributed by atoms with Crippen LogP contribution in [0.15, 0.2) is 24.4 Å². The van der Waals surface area contributed by atoms with Crippen molar-refractivity contribution in [2.75, 3.05) is 0 Å². The molecule has 1 aromatic rings. The van der Waals surface area contributed by atoms with E-state index in [1.807, 2.05) is 20.8 Å². The van der Waals surface area contributed by atoms with Gasteiger partial charge in [0.15, 0.2) is 5.78 Å². The normalized spacial score (nSPS) is 32.4. The number of aromatic nitrogens is 1. The number of Topliss-reactive ketones (excluding diaryl/α,β-unsaturated/α-hetero) is 2. The van der Waals surface area contributed by atoms with E-state index < -0.39 is 11.3 Å². The molecular formula is C17H23NO2. The summed E-state index contributed by atoms with van der Waals surface area (Å²) in [6.45, 7) is 10.2. The van der Waals surface area contributed by atoms with E-state index in [0.717, 1.165) is 6.42 Å². The van der Waals surface area contributed by atoms with Gasteiger partial charge in [-0.3, -0.25) is 14.6 Å². The highest BCUT2D eigenvalue weighted by Gasteiger charge is 2.61. The Bertz CT molecular complexity index is 535. The highest BCUT2D eigenvalue weighted by atomic mass is 16.2. The van der Waals surface area contributed by atoms with Gasteiger partial charge in [-0.1, -0.05) is 40.7 Å². The van der Waals surface area contributed by atoms with Crippen molar-refractivity contribution >= 4 is 11.6 Å². The molecule has 1 aliphatic carbocycles. The van der Waals surface area contributed by atoms with E-state index in [0.29, 0.717) is 5.69 Å². The van der Waals surface area contributed by atoms with Crippen molar-refractivity contribution in [3.8, 4) is 0 Å². The SMILES string of the molecule is CCC1(C)C(=O)C(C(=O)c2ccccn2)C(C)C1(C)C. The first-order valence-electron chi connectivity index (χ1n) is 7.27. The van der Waals surface area contributed by atoms with E-state index in [2.05, 4.69) is 18.8 Å². The lowest BCUT2D eigenvalue weighted by atomic mass is 9.64. The quantitative estimate of drug-likeness (QED) is 0.625. The second-order valence-electron chi connectivity index (χ2n) is 6.62. The molecule has 0 amide bonds. The molecule has 2 rings (SSSR count). The molecule has 0 spiro atoms. The maximum Gasteiger partial charge on any atom is 0.191 e. The zero-order valence-corrected chi connectivity index (χ0v) is 12.9. The van der Waals surface area contributed by atoms with Crippen LogP contribution < -0.4 is 0 Å². The Balaban J connectivity index is 2.44. The van der Waals surface area contributed by atoms with Crippen LogP contribution in [-0.4, -0.2) is 16.6 Å². The summed E-state index contributed by atoms with van der Waals surface area (Å²) in [7, 11) is 0. The number of carbonyl (C=O) groups is 2. The van der Waals surface area contributed by atoms with E-state index in [1.165, 1.54) is 0 Å². The monoisotopic (exact) mass is 273 g/mol. The van der Waals surface area contributed by atoms with Crippen LogP contribution in [-0.2, 0) is 4.79 Å². The van der Waals surface area contributed by atoms with Crippen molar-refractivity contribution in [2.24, 2.45) is 22.7 Å². The summed E-state index contributed by atoms with van der Waals surface area (Å²) >= 11 is 0. The Kier molecular flexibility index (Phi) is 3.57. The number of pyridine rings is 1. The summed E-state index contributed by atoms with van der Waals surface area (Å²) in [4.78, 5) is 29.6. The van der Waals surface area contributed by atoms with E-state index >= 15 is 0 Å². The van der Waals surface area contributed by atoms with Gasteiger partial charge in [0.05, 0.1) is 5.92 Å². The number of hydrogen-bond acceptors (Lipinski definition) is 3. The third-order valence-electron chi connectivity index (χ3n) is 5.79. The minimum Gasteiger partial charge on any atom is -0.298 e. The molecule has 108 valence electrons. The lowest BCUT2D eigenvalue weighted by Crippen LogP contribution is -2.36. The maximum atomic E-state index is 12.9. The first kappa shape index (κ1) is 14.9. The van der Waals surface area contributed by atoms with E-state index in [1.54, 1.807) is 24.4 Å². The largest absolute Gasteiger partial charge is 0.298 e. The fourth-order valence-corrected chi connectivity index (χ4v) is 3.45. The summed E-state index contributed by atoms with van der Waals surface area (Å²) in [5.74, 6) is -0.596. The van der Waals surface area contributed by atoms with Gasteiger partial charge in [-0.2, -0.15) is 0 Å². The number of rotatable bonds is 3. The third-order valence-corrected chi connectivity index (χ3v) is 5.79. The Labute approximate surface area is 120 Å². The molecule has 1 aromatic heterocycles. The molecular weight excluding hydrogens is 250 g/mol. The third kappa shape index (κ3) is 1.83. The summed E-state index contributed by atoms with van der Waals surface area (Å²) in [5, 5.41) is 0. The van der Waals surface area contributed by atoms with Crippen LogP contribution in [0.5, 0.6) is 0 Å². The molecule has 1 aliphatic rings. The van der Waals surface area contributed by atoms with E-state index in [4.69, 9.17) is 0 Å². The number of carbonyl (C=O) groups excluding carboxylic acids is 2. The Morgan fingerprint density at radius 2 is 1.95 bits per heavy atom. The molecule has 0 N–H and O–H groups in total. The van der Waals surface area contributed by atoms with Crippen molar-refractivity contribution in [2.45, 2.75) is 41.0 Å². The van der Waals surface area contributed by atoms with Crippen LogP contribution in [0, 0.1) is 22.7 Å². The van der Waals surface area contributed by atoms with Crippen LogP contribution in [0.3, 0.4) is 0 Å². The van der Waals surface area contributed by atoms with Gasteiger partial charge < -0.3 is 0 Å². The molecule has 1 saturated carbocycles. The molecule has 3 nitrogen and oxygen atoms in total. The first-order chi connectivity index (χ1) is 9.27. The molecule has 0 saturated heterocycles. The predicted octanol–water partition coefficient (Wildman–Crippen LogP) is 3.54. The van der Waals surface area contributed by atoms with Crippen molar-refractivity contribution in [3.63, 3.8) is 0 Å². The van der Waals surface area contributed by atoms with E-state index in [9.17, 15) is 9.59 Å². The average molecular weight is 273 g/mol. The Morgan fingerprint density at radius 1 is 1.30 bits per heavy atom. The fourth-order valence-electron chi connectivity index (χ4n) is 3.45. The molecule has 1 fully saturated rings. The van der Waals surface area contributed by atoms with Crippen molar-refractivity contribution < 1.29 is 9.59 Å². The molecule has 0 aliphatic heterocycles. The van der Waals surface area contributed by atoms with Crippen molar-refractivity contribution in [1.82, 2.24) is 4.98 Å². The molecule has 3 atom stereocenters. The minimum absolute atomic E-state index is 0.0226. The molecule has 0 bridgehead atoms. The minimum atomic E-state index is -0.565. The van der Waals surface area contributed by atoms with Crippen LogP contribution in [0.1, 0.15) is 51.5 Å². The number of hydrogen-bond donors (Lipinski definition) is 0. The van der Waals surface area contributed by atoms with Crippen LogP contribution in [0.4, 0.5) is 0 Å². The summed E-state index contributed by atoms with van der Waals surface area (Å²) in [6, 6.07) is 5.25. The van der Waals surface area contributed by atoms with Crippen molar-refractivity contribution in [1.29, 1.82) is 0 Å². The maximum absolute atomic E-state index is 12.9. The number of nitrogens with zero attached hydrogens (tertiary/aromatic N) is 1. The predicted molar refractivity (Wildman–Crippen MR) is 78.4 cm³/mol. The standard InChI is InChI=1S/C17H23NO2/c1-6-17(5)15(20)13(11(2)16(17,3)4)14(19)12-9-7-8-10-18-12/h7-11,13H,6H2,1-5H3. The highest BCUT2D eigenvalue weighted by Crippen LogP contribution is 2.58. The lowest BCUT2D eigenvalue weighted by molar-refractivity contribution is -0.129.